The van der Waals surface area contributed by atoms with Crippen molar-refractivity contribution in [3.8, 4) is 0 Å². The van der Waals surface area contributed by atoms with E-state index in [4.69, 9.17) is 4.43 Å². The van der Waals surface area contributed by atoms with E-state index in [0.29, 0.717) is 24.2 Å². The summed E-state index contributed by atoms with van der Waals surface area (Å²) in [6.45, 7) is 5.85. The molecule has 4 aliphatic carbocycles. The highest BCUT2D eigenvalue weighted by atomic mass is 28.4. The van der Waals surface area contributed by atoms with Crippen molar-refractivity contribution in [3.63, 3.8) is 0 Å². The molecule has 0 aromatic heterocycles. The van der Waals surface area contributed by atoms with Crippen molar-refractivity contribution < 1.29 is 18.8 Å². The standard InChI is InChI=1S/C19H29NO4Si/c1-25(2,3)24-17(22)15-4-5-16(21)20(15)18(23)19-9-12-6-13(10-19)8-14(7-12)11-19/h12-15H,4-11H2,1-3H3. The molecule has 5 fully saturated rings. The summed E-state index contributed by atoms with van der Waals surface area (Å²) in [7, 11) is -2.04. The average molecular weight is 364 g/mol. The average Bonchev–Trinajstić information content (AvgIpc) is 2.85. The summed E-state index contributed by atoms with van der Waals surface area (Å²) in [5.74, 6) is 1.30. The zero-order chi connectivity index (χ0) is 18.0. The number of nitrogens with zero attached hydrogens (tertiary/aromatic N) is 1. The second-order valence-corrected chi connectivity index (χ2v) is 14.3. The van der Waals surface area contributed by atoms with Gasteiger partial charge in [-0.3, -0.25) is 19.3 Å². The second kappa shape index (κ2) is 5.66. The van der Waals surface area contributed by atoms with Crippen LogP contribution in [0, 0.1) is 23.2 Å². The largest absolute Gasteiger partial charge is 0.518 e. The minimum atomic E-state index is -2.04. The van der Waals surface area contributed by atoms with Gasteiger partial charge < -0.3 is 4.43 Å². The molecule has 5 nitrogen and oxygen atoms in total. The van der Waals surface area contributed by atoms with Crippen LogP contribution >= 0.6 is 0 Å². The molecule has 1 aliphatic heterocycles. The molecule has 1 heterocycles. The Morgan fingerprint density at radius 1 is 1.04 bits per heavy atom. The number of imide groups is 1. The van der Waals surface area contributed by atoms with Crippen LogP contribution in [0.4, 0.5) is 0 Å². The number of carbonyl (C=O) groups is 3. The fourth-order valence-corrected chi connectivity index (χ4v) is 6.90. The minimum Gasteiger partial charge on any atom is -0.518 e. The zero-order valence-corrected chi connectivity index (χ0v) is 16.5. The molecule has 0 N–H and O–H groups in total. The molecule has 0 radical (unpaired) electrons. The van der Waals surface area contributed by atoms with E-state index in [2.05, 4.69) is 0 Å². The number of likely N-dealkylation sites (tertiary alicyclic amines) is 1. The van der Waals surface area contributed by atoms with Gasteiger partial charge in [0.1, 0.15) is 6.04 Å². The van der Waals surface area contributed by atoms with E-state index in [-0.39, 0.29) is 29.6 Å². The Labute approximate surface area is 150 Å². The van der Waals surface area contributed by atoms with E-state index in [0.717, 1.165) is 19.3 Å². The monoisotopic (exact) mass is 363 g/mol. The highest BCUT2D eigenvalue weighted by Gasteiger charge is 2.58. The van der Waals surface area contributed by atoms with Crippen LogP contribution in [0.25, 0.3) is 0 Å². The lowest BCUT2D eigenvalue weighted by molar-refractivity contribution is -0.167. The van der Waals surface area contributed by atoms with Crippen molar-refractivity contribution in [1.29, 1.82) is 0 Å². The quantitative estimate of drug-likeness (QED) is 0.571. The Hall–Kier alpha value is -1.17. The van der Waals surface area contributed by atoms with Crippen molar-refractivity contribution in [3.05, 3.63) is 0 Å². The SMILES string of the molecule is C[Si](C)(C)OC(=O)C1CCC(=O)N1C(=O)C12CC3CC(CC(C3)C1)C2. The Kier molecular flexibility index (Phi) is 3.91. The normalized spacial score (nSPS) is 39.8. The lowest BCUT2D eigenvalue weighted by Crippen LogP contribution is -2.57. The van der Waals surface area contributed by atoms with Crippen LogP contribution in [0.3, 0.4) is 0 Å². The van der Waals surface area contributed by atoms with Crippen molar-refractivity contribution in [2.45, 2.75) is 77.0 Å². The topological polar surface area (TPSA) is 63.7 Å². The number of hydrogen-bond donors (Lipinski definition) is 0. The van der Waals surface area contributed by atoms with Gasteiger partial charge in [-0.15, -0.1) is 0 Å². The summed E-state index contributed by atoms with van der Waals surface area (Å²) >= 11 is 0. The highest BCUT2D eigenvalue weighted by Crippen LogP contribution is 2.60. The summed E-state index contributed by atoms with van der Waals surface area (Å²) in [6.07, 6.45) is 7.20. The van der Waals surface area contributed by atoms with Gasteiger partial charge in [-0.1, -0.05) is 0 Å². The van der Waals surface area contributed by atoms with Gasteiger partial charge in [0.2, 0.25) is 20.1 Å². The highest BCUT2D eigenvalue weighted by molar-refractivity contribution is 6.71. The van der Waals surface area contributed by atoms with Crippen molar-refractivity contribution in [1.82, 2.24) is 4.90 Å². The minimum absolute atomic E-state index is 0.0633. The first-order valence-electron chi connectivity index (χ1n) is 9.76. The van der Waals surface area contributed by atoms with E-state index >= 15 is 0 Å². The Morgan fingerprint density at radius 2 is 1.56 bits per heavy atom. The molecule has 4 saturated carbocycles. The van der Waals surface area contributed by atoms with Gasteiger partial charge in [0.25, 0.3) is 0 Å². The van der Waals surface area contributed by atoms with Gasteiger partial charge in [-0.2, -0.15) is 0 Å². The van der Waals surface area contributed by atoms with Gasteiger partial charge in [-0.25, -0.2) is 0 Å². The molecule has 138 valence electrons. The Morgan fingerprint density at radius 3 is 2.04 bits per heavy atom. The van der Waals surface area contributed by atoms with E-state index in [9.17, 15) is 14.4 Å². The van der Waals surface area contributed by atoms with Gasteiger partial charge in [0, 0.05) is 6.42 Å². The third-order valence-corrected chi connectivity index (χ3v) is 7.42. The van der Waals surface area contributed by atoms with E-state index in [1.54, 1.807) is 0 Å². The van der Waals surface area contributed by atoms with Crippen molar-refractivity contribution in [2.75, 3.05) is 0 Å². The lowest BCUT2D eigenvalue weighted by atomic mass is 9.49. The predicted molar refractivity (Wildman–Crippen MR) is 94.9 cm³/mol. The molecular weight excluding hydrogens is 334 g/mol. The number of hydrogen-bond acceptors (Lipinski definition) is 4. The van der Waals surface area contributed by atoms with Crippen molar-refractivity contribution in [2.24, 2.45) is 23.2 Å². The third kappa shape index (κ3) is 2.96. The van der Waals surface area contributed by atoms with Crippen LogP contribution < -0.4 is 0 Å². The summed E-state index contributed by atoms with van der Waals surface area (Å²) in [6, 6.07) is -0.695. The zero-order valence-electron chi connectivity index (χ0n) is 15.5. The predicted octanol–water partition coefficient (Wildman–Crippen LogP) is 3.10. The maximum absolute atomic E-state index is 13.5. The summed E-state index contributed by atoms with van der Waals surface area (Å²) < 4.78 is 5.62. The first-order chi connectivity index (χ1) is 11.7. The molecule has 2 amide bonds. The van der Waals surface area contributed by atoms with Gasteiger partial charge in [0.05, 0.1) is 5.41 Å². The van der Waals surface area contributed by atoms with E-state index < -0.39 is 14.4 Å². The van der Waals surface area contributed by atoms with Gasteiger partial charge in [0.15, 0.2) is 0 Å². The molecule has 0 spiro atoms. The number of amides is 2. The smallest absolute Gasteiger partial charge is 0.316 e. The lowest BCUT2D eigenvalue weighted by Gasteiger charge is -2.56. The summed E-state index contributed by atoms with van der Waals surface area (Å²) in [5.41, 5.74) is -0.382. The number of rotatable bonds is 3. The van der Waals surface area contributed by atoms with Crippen LogP contribution in [0.2, 0.25) is 19.6 Å². The van der Waals surface area contributed by atoms with Crippen LogP contribution in [0.1, 0.15) is 51.4 Å². The van der Waals surface area contributed by atoms with Gasteiger partial charge >= 0.3 is 5.97 Å². The molecule has 25 heavy (non-hydrogen) atoms. The van der Waals surface area contributed by atoms with Crippen molar-refractivity contribution >= 4 is 26.1 Å². The van der Waals surface area contributed by atoms with Crippen LogP contribution in [-0.2, 0) is 18.8 Å². The van der Waals surface area contributed by atoms with Crippen LogP contribution in [0.5, 0.6) is 0 Å². The maximum atomic E-state index is 13.5. The molecule has 4 bridgehead atoms. The molecule has 5 aliphatic rings. The first kappa shape index (κ1) is 17.3. The first-order valence-corrected chi connectivity index (χ1v) is 13.2. The molecule has 1 atom stereocenters. The molecule has 6 heteroatoms. The molecule has 0 aromatic rings. The maximum Gasteiger partial charge on any atom is 0.316 e. The Balaban J connectivity index is 1.57. The summed E-state index contributed by atoms with van der Waals surface area (Å²) in [4.78, 5) is 39.9. The third-order valence-electron chi connectivity index (χ3n) is 6.60. The second-order valence-electron chi connectivity index (χ2n) is 9.85. The van der Waals surface area contributed by atoms with Crippen LogP contribution in [-0.4, -0.2) is 37.0 Å². The summed E-state index contributed by atoms with van der Waals surface area (Å²) in [5, 5.41) is 0. The Bertz CT molecular complexity index is 588. The van der Waals surface area contributed by atoms with Gasteiger partial charge in [-0.05, 0) is 82.3 Å². The molecule has 5 rings (SSSR count). The molecular formula is C19H29NO4Si. The number of carbonyl (C=O) groups excluding carboxylic acids is 3. The van der Waals surface area contributed by atoms with E-state index in [1.807, 2.05) is 19.6 Å². The van der Waals surface area contributed by atoms with E-state index in [1.165, 1.54) is 24.2 Å². The molecule has 1 unspecified atom stereocenters. The fourth-order valence-electron chi connectivity index (χ4n) is 6.16. The molecule has 0 aromatic carbocycles. The molecule has 1 saturated heterocycles. The fraction of sp³-hybridized carbons (Fsp3) is 0.842. The van der Waals surface area contributed by atoms with Crippen LogP contribution in [0.15, 0.2) is 0 Å².